The van der Waals surface area contributed by atoms with Gasteiger partial charge in [-0.3, -0.25) is 19.3 Å². The minimum absolute atomic E-state index is 0.0431. The largest absolute Gasteiger partial charge is 0.481 e. The number of carbonyl (C=O) groups is 3. The van der Waals surface area contributed by atoms with Crippen molar-refractivity contribution in [3.05, 3.63) is 46.0 Å². The molecule has 0 saturated heterocycles. The van der Waals surface area contributed by atoms with Crippen LogP contribution in [0.2, 0.25) is 5.02 Å². The maximum Gasteiger partial charge on any atom is 0.309 e. The Morgan fingerprint density at radius 2 is 1.67 bits per heavy atom. The predicted molar refractivity (Wildman–Crippen MR) is 216 cm³/mol. The topological polar surface area (TPSA) is 87.2 Å². The highest BCUT2D eigenvalue weighted by atomic mass is 35.5. The Balaban J connectivity index is 1.22. The number of esters is 1. The number of carboxylic acids is 1. The Morgan fingerprint density at radius 3 is 2.33 bits per heavy atom. The van der Waals surface area contributed by atoms with Crippen molar-refractivity contribution < 1.29 is 24.2 Å². The third-order valence-electron chi connectivity index (χ3n) is 15.8. The molecule has 9 atom stereocenters. The van der Waals surface area contributed by atoms with Gasteiger partial charge in [0, 0.05) is 36.5 Å². The van der Waals surface area contributed by atoms with Gasteiger partial charge in [-0.2, -0.15) is 0 Å². The predicted octanol–water partition coefficient (Wildman–Crippen LogP) is 9.71. The van der Waals surface area contributed by atoms with Crippen molar-refractivity contribution in [2.45, 2.75) is 132 Å². The number of carbonyl (C=O) groups excluding carboxylic acids is 2. The lowest BCUT2D eigenvalue weighted by molar-refractivity contribution is -0.192. The molecule has 4 fully saturated rings. The maximum absolute atomic E-state index is 14.1. The van der Waals surface area contributed by atoms with Crippen LogP contribution in [-0.4, -0.2) is 72.5 Å². The van der Waals surface area contributed by atoms with E-state index in [9.17, 15) is 19.5 Å². The normalized spacial score (nSPS) is 35.2. The van der Waals surface area contributed by atoms with Crippen LogP contribution in [0.3, 0.4) is 0 Å². The smallest absolute Gasteiger partial charge is 0.309 e. The summed E-state index contributed by atoms with van der Waals surface area (Å²) >= 11 is 6.41. The lowest BCUT2D eigenvalue weighted by Crippen LogP contribution is -2.60. The number of carboxylic acid groups (broad SMARTS) is 1. The minimum Gasteiger partial charge on any atom is -0.481 e. The van der Waals surface area contributed by atoms with E-state index in [2.05, 4.69) is 70.6 Å². The molecule has 0 spiro atoms. The first-order chi connectivity index (χ1) is 25.3. The van der Waals surface area contributed by atoms with Gasteiger partial charge in [0.2, 0.25) is 0 Å². The lowest BCUT2D eigenvalue weighted by atomic mass is 9.38. The molecule has 6 rings (SSSR count). The Morgan fingerprint density at radius 1 is 0.981 bits per heavy atom. The third-order valence-corrected chi connectivity index (χ3v) is 16.0. The van der Waals surface area contributed by atoms with Gasteiger partial charge in [0.15, 0.2) is 5.78 Å². The fraction of sp³-hybridized carbons (Fsp3) is 0.761. The molecule has 9 unspecified atom stereocenters. The average molecular weight is 766 g/mol. The molecule has 4 saturated carbocycles. The SMILES string of the molecule is CC(C)C1=C2C3CCC4C(C)(CCC5C(C)C(OC(=O)CC(C)(C)C(=O)O)CCC54C)C3CCC2(CCN(CCN(C)C)Cc2cccc(Cl)c2)CC1=O. The first-order valence-corrected chi connectivity index (χ1v) is 21.5. The first kappa shape index (κ1) is 41.4. The van der Waals surface area contributed by atoms with E-state index in [-0.39, 0.29) is 46.6 Å². The lowest BCUT2D eigenvalue weighted by Gasteiger charge is -2.67. The number of ether oxygens (including phenoxy) is 1. The van der Waals surface area contributed by atoms with Crippen LogP contribution in [-0.2, 0) is 25.7 Å². The summed E-state index contributed by atoms with van der Waals surface area (Å²) in [5.41, 5.74) is 3.17. The summed E-state index contributed by atoms with van der Waals surface area (Å²) in [6, 6.07) is 8.26. The zero-order valence-corrected chi connectivity index (χ0v) is 35.6. The van der Waals surface area contributed by atoms with Crippen molar-refractivity contribution in [2.24, 2.45) is 57.2 Å². The molecule has 0 radical (unpaired) electrons. The molecule has 0 aromatic heterocycles. The first-order valence-electron chi connectivity index (χ1n) is 21.1. The van der Waals surface area contributed by atoms with E-state index in [4.69, 9.17) is 16.3 Å². The minimum atomic E-state index is -1.14. The fourth-order valence-corrected chi connectivity index (χ4v) is 13.2. The van der Waals surface area contributed by atoms with Crippen LogP contribution in [0.25, 0.3) is 0 Å². The molecule has 5 aliphatic rings. The number of ketones is 1. The standard InChI is InChI=1S/C46H69ClN2O5/c1-29(2)40-36(50)26-46(21-22-49(24-23-48(8)9)28-31-11-10-12-32(47)25-31)20-16-35-33(41(40)46)13-14-38-44(6)19-17-37(30(3)34(44)15-18-45(35,38)7)54-39(51)27-43(4,5)42(52)53/h10-12,25,29-30,33-35,37-38H,13-24,26-28H2,1-9H3,(H,52,53). The van der Waals surface area contributed by atoms with Gasteiger partial charge in [-0.1, -0.05) is 63.9 Å². The van der Waals surface area contributed by atoms with E-state index in [1.54, 1.807) is 19.4 Å². The molecule has 8 heteroatoms. The Hall–Kier alpha value is -2.22. The molecule has 0 amide bonds. The van der Waals surface area contributed by atoms with Crippen molar-refractivity contribution in [1.29, 1.82) is 0 Å². The second-order valence-corrected chi connectivity index (χ2v) is 20.6. The molecular weight excluding hydrogens is 696 g/mol. The molecular formula is C46H69ClN2O5. The van der Waals surface area contributed by atoms with Gasteiger partial charge >= 0.3 is 11.9 Å². The maximum atomic E-state index is 14.1. The van der Waals surface area contributed by atoms with Crippen LogP contribution in [0.1, 0.15) is 125 Å². The molecule has 7 nitrogen and oxygen atoms in total. The summed E-state index contributed by atoms with van der Waals surface area (Å²) in [4.78, 5) is 43.7. The van der Waals surface area contributed by atoms with E-state index in [1.165, 1.54) is 30.4 Å². The van der Waals surface area contributed by atoms with Gasteiger partial charge in [0.1, 0.15) is 6.10 Å². The summed E-state index contributed by atoms with van der Waals surface area (Å²) in [6.07, 6.45) is 10.3. The Bertz CT molecular complexity index is 1620. The number of rotatable bonds is 13. The van der Waals surface area contributed by atoms with Gasteiger partial charge < -0.3 is 14.7 Å². The second kappa shape index (κ2) is 15.6. The Labute approximate surface area is 331 Å². The van der Waals surface area contributed by atoms with Gasteiger partial charge in [-0.05, 0) is 162 Å². The number of allylic oxidation sites excluding steroid dienone is 2. The number of hydrogen-bond acceptors (Lipinski definition) is 6. The molecule has 1 N–H and O–H groups in total. The zero-order chi connectivity index (χ0) is 39.4. The summed E-state index contributed by atoms with van der Waals surface area (Å²) in [5.74, 6) is 1.65. The van der Waals surface area contributed by atoms with E-state index >= 15 is 0 Å². The molecule has 5 aliphatic carbocycles. The van der Waals surface area contributed by atoms with Gasteiger partial charge in [0.05, 0.1) is 11.8 Å². The second-order valence-electron chi connectivity index (χ2n) is 20.2. The van der Waals surface area contributed by atoms with Crippen molar-refractivity contribution >= 4 is 29.3 Å². The monoisotopic (exact) mass is 764 g/mol. The summed E-state index contributed by atoms with van der Waals surface area (Å²) in [5, 5.41) is 10.4. The summed E-state index contributed by atoms with van der Waals surface area (Å²) in [7, 11) is 4.28. The summed E-state index contributed by atoms with van der Waals surface area (Å²) in [6.45, 7) is 18.9. The molecule has 54 heavy (non-hydrogen) atoms. The van der Waals surface area contributed by atoms with Crippen LogP contribution in [0, 0.1) is 57.2 Å². The third kappa shape index (κ3) is 7.73. The van der Waals surface area contributed by atoms with Gasteiger partial charge in [-0.25, -0.2) is 0 Å². The zero-order valence-electron chi connectivity index (χ0n) is 34.8. The highest BCUT2D eigenvalue weighted by Gasteiger charge is 2.65. The van der Waals surface area contributed by atoms with Gasteiger partial charge in [-0.15, -0.1) is 0 Å². The van der Waals surface area contributed by atoms with Crippen molar-refractivity contribution in [1.82, 2.24) is 9.80 Å². The van der Waals surface area contributed by atoms with E-state index in [0.29, 0.717) is 35.9 Å². The van der Waals surface area contributed by atoms with Crippen molar-refractivity contribution in [3.63, 3.8) is 0 Å². The highest BCUT2D eigenvalue weighted by molar-refractivity contribution is 6.30. The van der Waals surface area contributed by atoms with E-state index in [1.807, 2.05) is 12.1 Å². The van der Waals surface area contributed by atoms with E-state index in [0.717, 1.165) is 69.7 Å². The molecule has 1 aromatic carbocycles. The number of aliphatic carboxylic acids is 1. The Kier molecular flexibility index (Phi) is 12.0. The molecule has 0 bridgehead atoms. The molecule has 300 valence electrons. The fourth-order valence-electron chi connectivity index (χ4n) is 13.0. The van der Waals surface area contributed by atoms with Crippen LogP contribution in [0.4, 0.5) is 0 Å². The van der Waals surface area contributed by atoms with Crippen LogP contribution < -0.4 is 0 Å². The molecule has 1 aromatic rings. The van der Waals surface area contributed by atoms with Crippen LogP contribution in [0.15, 0.2) is 35.4 Å². The number of likely N-dealkylation sites (N-methyl/N-ethyl adjacent to an activating group) is 1. The number of halogens is 1. The molecule has 0 aliphatic heterocycles. The quantitative estimate of drug-likeness (QED) is 0.200. The number of nitrogens with zero attached hydrogens (tertiary/aromatic N) is 2. The number of fused-ring (bicyclic) bond motifs is 7. The molecule has 0 heterocycles. The van der Waals surface area contributed by atoms with Crippen molar-refractivity contribution in [2.75, 3.05) is 33.7 Å². The van der Waals surface area contributed by atoms with Crippen LogP contribution in [0.5, 0.6) is 0 Å². The highest BCUT2D eigenvalue weighted by Crippen LogP contribution is 2.72. The van der Waals surface area contributed by atoms with Crippen LogP contribution >= 0.6 is 11.6 Å². The van der Waals surface area contributed by atoms with E-state index < -0.39 is 11.4 Å². The average Bonchev–Trinajstić information content (AvgIpc) is 3.39. The number of benzene rings is 1. The van der Waals surface area contributed by atoms with Gasteiger partial charge in [0.25, 0.3) is 0 Å². The summed E-state index contributed by atoms with van der Waals surface area (Å²) < 4.78 is 6.09. The van der Waals surface area contributed by atoms with Crippen molar-refractivity contribution in [3.8, 4) is 0 Å². The number of hydrogen-bond donors (Lipinski definition) is 1. The number of Topliss-reactive ketones (excluding diaryl/α,β-unsaturated/α-hetero) is 1.